The fraction of sp³-hybridized carbons (Fsp3) is 0.360. The maximum atomic E-state index is 13.5. The second-order valence-electron chi connectivity index (χ2n) is 7.95. The number of hydrogen-bond donors (Lipinski definition) is 1. The zero-order valence-electron chi connectivity index (χ0n) is 18.8. The van der Waals surface area contributed by atoms with Gasteiger partial charge in [0.2, 0.25) is 11.8 Å². The van der Waals surface area contributed by atoms with Gasteiger partial charge in [0.15, 0.2) is 11.5 Å². The quantitative estimate of drug-likeness (QED) is 0.522. The molecule has 8 heteroatoms. The number of methoxy groups -OCH3 is 1. The summed E-state index contributed by atoms with van der Waals surface area (Å²) in [7, 11) is 1.57. The van der Waals surface area contributed by atoms with Gasteiger partial charge in [-0.3, -0.25) is 4.79 Å². The molecule has 1 amide bonds. The van der Waals surface area contributed by atoms with Gasteiger partial charge in [-0.25, -0.2) is 9.07 Å². The van der Waals surface area contributed by atoms with Crippen LogP contribution in [0.4, 0.5) is 4.39 Å². The fourth-order valence-electron chi connectivity index (χ4n) is 3.86. The Hall–Kier alpha value is -3.39. The summed E-state index contributed by atoms with van der Waals surface area (Å²) in [5.41, 5.74) is 2.19. The number of para-hydroxylation sites is 2. The molecule has 0 saturated carbocycles. The first-order valence-electron chi connectivity index (χ1n) is 11.1. The standard InChI is InChI=1S/C25H28FN3O4/c1-17-21(13-14-24(30)27-16-20-6-5-15-32-20)25(33-23-8-4-3-7-22(23)31-2)29(28-17)19-11-9-18(26)10-12-19/h3-4,7-12,20H,5-6,13-16H2,1-2H3,(H,27,30). The molecule has 174 valence electrons. The van der Waals surface area contributed by atoms with Crippen molar-refractivity contribution < 1.29 is 23.4 Å². The molecule has 0 aliphatic carbocycles. The van der Waals surface area contributed by atoms with E-state index in [0.717, 1.165) is 30.7 Å². The van der Waals surface area contributed by atoms with Crippen molar-refractivity contribution in [3.8, 4) is 23.1 Å². The minimum atomic E-state index is -0.335. The predicted molar refractivity (Wildman–Crippen MR) is 122 cm³/mol. The molecule has 0 spiro atoms. The first kappa shape index (κ1) is 22.8. The van der Waals surface area contributed by atoms with Crippen LogP contribution in [-0.2, 0) is 16.0 Å². The number of ether oxygens (including phenoxy) is 3. The molecule has 1 atom stereocenters. The van der Waals surface area contributed by atoms with Gasteiger partial charge >= 0.3 is 0 Å². The van der Waals surface area contributed by atoms with Crippen molar-refractivity contribution >= 4 is 5.91 Å². The number of benzene rings is 2. The Bertz CT molecular complexity index is 1090. The molecule has 1 unspecified atom stereocenters. The largest absolute Gasteiger partial charge is 0.493 e. The third-order valence-corrected chi connectivity index (χ3v) is 5.64. The number of rotatable bonds is 9. The van der Waals surface area contributed by atoms with Crippen molar-refractivity contribution in [1.82, 2.24) is 15.1 Å². The maximum Gasteiger partial charge on any atom is 0.226 e. The summed E-state index contributed by atoms with van der Waals surface area (Å²) < 4.78 is 32.4. The van der Waals surface area contributed by atoms with E-state index < -0.39 is 0 Å². The van der Waals surface area contributed by atoms with Crippen LogP contribution in [0.2, 0.25) is 0 Å². The molecule has 2 aromatic carbocycles. The zero-order chi connectivity index (χ0) is 23.2. The summed E-state index contributed by atoms with van der Waals surface area (Å²) in [6, 6.07) is 13.3. The average molecular weight is 454 g/mol. The van der Waals surface area contributed by atoms with Crippen LogP contribution in [0.5, 0.6) is 17.4 Å². The lowest BCUT2D eigenvalue weighted by Crippen LogP contribution is -2.31. The maximum absolute atomic E-state index is 13.5. The fourth-order valence-corrected chi connectivity index (χ4v) is 3.86. The van der Waals surface area contributed by atoms with Crippen LogP contribution >= 0.6 is 0 Å². The minimum absolute atomic E-state index is 0.0531. The summed E-state index contributed by atoms with van der Waals surface area (Å²) in [4.78, 5) is 12.5. The Balaban J connectivity index is 1.58. The SMILES string of the molecule is COc1ccccc1Oc1c(CCC(=O)NCC2CCCO2)c(C)nn1-c1ccc(F)cc1. The van der Waals surface area contributed by atoms with E-state index in [1.54, 1.807) is 36.1 Å². The molecule has 33 heavy (non-hydrogen) atoms. The van der Waals surface area contributed by atoms with E-state index >= 15 is 0 Å². The summed E-state index contributed by atoms with van der Waals surface area (Å²) in [5, 5.41) is 7.58. The molecule has 0 radical (unpaired) electrons. The molecular formula is C25H28FN3O4. The number of carbonyl (C=O) groups is 1. The highest BCUT2D eigenvalue weighted by Gasteiger charge is 2.22. The van der Waals surface area contributed by atoms with Gasteiger partial charge in [-0.05, 0) is 62.6 Å². The number of carbonyl (C=O) groups excluding carboxylic acids is 1. The van der Waals surface area contributed by atoms with Gasteiger partial charge in [0.05, 0.1) is 24.6 Å². The molecule has 1 fully saturated rings. The normalized spacial score (nSPS) is 15.4. The van der Waals surface area contributed by atoms with Crippen LogP contribution < -0.4 is 14.8 Å². The highest BCUT2D eigenvalue weighted by molar-refractivity contribution is 5.76. The van der Waals surface area contributed by atoms with Crippen LogP contribution in [-0.4, -0.2) is 42.1 Å². The molecule has 3 aromatic rings. The van der Waals surface area contributed by atoms with Crippen molar-refractivity contribution in [3.05, 3.63) is 65.6 Å². The molecule has 0 bridgehead atoms. The summed E-state index contributed by atoms with van der Waals surface area (Å²) >= 11 is 0. The zero-order valence-corrected chi connectivity index (χ0v) is 18.8. The molecule has 1 N–H and O–H groups in total. The lowest BCUT2D eigenvalue weighted by atomic mass is 10.1. The van der Waals surface area contributed by atoms with Gasteiger partial charge in [-0.2, -0.15) is 5.10 Å². The van der Waals surface area contributed by atoms with Crippen LogP contribution in [0, 0.1) is 12.7 Å². The molecule has 7 nitrogen and oxygen atoms in total. The molecule has 1 saturated heterocycles. The number of nitrogens with zero attached hydrogens (tertiary/aromatic N) is 2. The van der Waals surface area contributed by atoms with Crippen LogP contribution in [0.1, 0.15) is 30.5 Å². The van der Waals surface area contributed by atoms with E-state index in [-0.39, 0.29) is 24.2 Å². The second kappa shape index (κ2) is 10.5. The summed E-state index contributed by atoms with van der Waals surface area (Å²) in [5.74, 6) is 1.17. The van der Waals surface area contributed by atoms with Crippen molar-refractivity contribution in [2.24, 2.45) is 0 Å². The number of aryl methyl sites for hydroxylation is 1. The second-order valence-corrected chi connectivity index (χ2v) is 7.95. The molecule has 1 aliphatic rings. The smallest absolute Gasteiger partial charge is 0.226 e. The van der Waals surface area contributed by atoms with Crippen molar-refractivity contribution in [2.75, 3.05) is 20.3 Å². The third-order valence-electron chi connectivity index (χ3n) is 5.64. The molecule has 2 heterocycles. The summed E-state index contributed by atoms with van der Waals surface area (Å²) in [6.45, 7) is 3.15. The van der Waals surface area contributed by atoms with Crippen LogP contribution in [0.25, 0.3) is 5.69 Å². The molecule has 1 aliphatic heterocycles. The highest BCUT2D eigenvalue weighted by Crippen LogP contribution is 2.36. The summed E-state index contributed by atoms with van der Waals surface area (Å²) in [6.07, 6.45) is 2.83. The number of halogens is 1. The van der Waals surface area contributed by atoms with Crippen molar-refractivity contribution in [1.29, 1.82) is 0 Å². The van der Waals surface area contributed by atoms with E-state index in [2.05, 4.69) is 10.4 Å². The van der Waals surface area contributed by atoms with Gasteiger partial charge in [0.1, 0.15) is 5.82 Å². The first-order valence-corrected chi connectivity index (χ1v) is 11.1. The lowest BCUT2D eigenvalue weighted by molar-refractivity contribution is -0.121. The van der Waals surface area contributed by atoms with E-state index in [1.807, 2.05) is 19.1 Å². The minimum Gasteiger partial charge on any atom is -0.493 e. The average Bonchev–Trinajstić information content (AvgIpc) is 3.45. The Kier molecular flexibility index (Phi) is 7.24. The highest BCUT2D eigenvalue weighted by atomic mass is 19.1. The Morgan fingerprint density at radius 2 is 1.97 bits per heavy atom. The van der Waals surface area contributed by atoms with E-state index in [1.165, 1.54) is 12.1 Å². The van der Waals surface area contributed by atoms with Crippen LogP contribution in [0.15, 0.2) is 48.5 Å². The molecule has 4 rings (SSSR count). The van der Waals surface area contributed by atoms with Gasteiger partial charge in [-0.1, -0.05) is 12.1 Å². The lowest BCUT2D eigenvalue weighted by Gasteiger charge is -2.14. The van der Waals surface area contributed by atoms with Crippen molar-refractivity contribution in [3.63, 3.8) is 0 Å². The number of nitrogens with one attached hydrogen (secondary N) is 1. The first-order chi connectivity index (χ1) is 16.0. The van der Waals surface area contributed by atoms with Crippen LogP contribution in [0.3, 0.4) is 0 Å². The van der Waals surface area contributed by atoms with E-state index in [9.17, 15) is 9.18 Å². The number of hydrogen-bond acceptors (Lipinski definition) is 5. The number of aromatic nitrogens is 2. The van der Waals surface area contributed by atoms with Gasteiger partial charge in [0.25, 0.3) is 0 Å². The number of amides is 1. The monoisotopic (exact) mass is 453 g/mol. The third kappa shape index (κ3) is 5.51. The Morgan fingerprint density at radius 1 is 1.21 bits per heavy atom. The van der Waals surface area contributed by atoms with Crippen molar-refractivity contribution in [2.45, 2.75) is 38.7 Å². The van der Waals surface area contributed by atoms with E-state index in [0.29, 0.717) is 36.0 Å². The Morgan fingerprint density at radius 3 is 2.67 bits per heavy atom. The predicted octanol–water partition coefficient (Wildman–Crippen LogP) is 4.35. The Labute approximate surface area is 192 Å². The molecular weight excluding hydrogens is 425 g/mol. The van der Waals surface area contributed by atoms with Gasteiger partial charge < -0.3 is 19.5 Å². The topological polar surface area (TPSA) is 74.6 Å². The van der Waals surface area contributed by atoms with Gasteiger partial charge in [0, 0.05) is 25.1 Å². The molecule has 1 aromatic heterocycles. The van der Waals surface area contributed by atoms with Gasteiger partial charge in [-0.15, -0.1) is 0 Å². The van der Waals surface area contributed by atoms with E-state index in [4.69, 9.17) is 14.2 Å².